The minimum Gasteiger partial charge on any atom is -0.322 e. The first-order chi connectivity index (χ1) is 33.6. The van der Waals surface area contributed by atoms with E-state index in [1.54, 1.807) is 0 Å². The summed E-state index contributed by atoms with van der Waals surface area (Å²) in [6.07, 6.45) is 8.29. The van der Waals surface area contributed by atoms with Gasteiger partial charge in [0.25, 0.3) is 0 Å². The van der Waals surface area contributed by atoms with Crippen LogP contribution in [0.25, 0.3) is 141 Å². The van der Waals surface area contributed by atoms with Gasteiger partial charge in [0.1, 0.15) is 0 Å². The summed E-state index contributed by atoms with van der Waals surface area (Å²) in [6, 6.07) is 66.8. The van der Waals surface area contributed by atoms with E-state index in [2.05, 4.69) is 219 Å². The van der Waals surface area contributed by atoms with Crippen molar-refractivity contribution in [1.29, 1.82) is 0 Å². The molecule has 1 heterocycles. The molecule has 1 aliphatic carbocycles. The monoisotopic (exact) mass is 860 g/mol. The van der Waals surface area contributed by atoms with Crippen LogP contribution in [0.3, 0.4) is 0 Å². The number of allylic oxidation sites excluding steroid dienone is 3. The van der Waals surface area contributed by atoms with Gasteiger partial charge in [-0.25, -0.2) is 0 Å². The van der Waals surface area contributed by atoms with Crippen molar-refractivity contribution in [2.45, 2.75) is 20.0 Å². The van der Waals surface area contributed by atoms with Gasteiger partial charge in [-0.3, -0.25) is 4.99 Å². The van der Waals surface area contributed by atoms with Crippen molar-refractivity contribution in [3.63, 3.8) is 0 Å². The van der Waals surface area contributed by atoms with Crippen LogP contribution in [0.1, 0.15) is 24.2 Å². The number of anilines is 1. The Hall–Kier alpha value is -8.59. The molecule has 0 radical (unpaired) electrons. The average molecular weight is 861 g/mol. The summed E-state index contributed by atoms with van der Waals surface area (Å²) in [5.74, 6) is 0. The van der Waals surface area contributed by atoms with E-state index in [1.807, 2.05) is 0 Å². The molecule has 0 saturated carbocycles. The number of rotatable bonds is 3. The van der Waals surface area contributed by atoms with Gasteiger partial charge in [0.15, 0.2) is 6.17 Å². The van der Waals surface area contributed by atoms with Crippen LogP contribution < -0.4 is 4.90 Å². The maximum atomic E-state index is 5.22. The molecule has 68 heavy (non-hydrogen) atoms. The zero-order chi connectivity index (χ0) is 44.5. The van der Waals surface area contributed by atoms with Gasteiger partial charge >= 0.3 is 0 Å². The highest BCUT2D eigenvalue weighted by molar-refractivity contribution is 6.51. The summed E-state index contributed by atoms with van der Waals surface area (Å²) in [7, 11) is 0. The maximum absolute atomic E-state index is 5.22. The first-order valence-electron chi connectivity index (χ1n) is 23.9. The Bertz CT molecular complexity index is 4610. The lowest BCUT2D eigenvalue weighted by Gasteiger charge is -2.30. The molecular weight excluding hydrogens is 821 g/mol. The second kappa shape index (κ2) is 13.1. The van der Waals surface area contributed by atoms with Gasteiger partial charge in [-0.1, -0.05) is 164 Å². The number of aryl methyl sites for hydroxylation is 1. The van der Waals surface area contributed by atoms with E-state index in [9.17, 15) is 0 Å². The van der Waals surface area contributed by atoms with E-state index in [-0.39, 0.29) is 6.17 Å². The third-order valence-corrected chi connectivity index (χ3v) is 15.9. The molecule has 1 atom stereocenters. The SMILES string of the molecule is CC1=NC(c2ccccc2)N(c2ccc3c(c2)-c2ccc4c5ccc6c7c(ccc(c8ccc-3c2c84)c57)c2cc3c(-c4ccccc4C)c4ccccc4c4c5ccccc5c(c26)c34)/C=C/C=C1. The van der Waals surface area contributed by atoms with Crippen molar-refractivity contribution in [2.24, 2.45) is 4.99 Å². The maximum Gasteiger partial charge on any atom is 0.151 e. The molecule has 14 aromatic rings. The second-order valence-corrected chi connectivity index (χ2v) is 19.3. The highest BCUT2D eigenvalue weighted by atomic mass is 15.2. The van der Waals surface area contributed by atoms with Crippen LogP contribution in [0.15, 0.2) is 205 Å². The Kier molecular flexibility index (Phi) is 7.03. The quantitative estimate of drug-likeness (QED) is 0.128. The van der Waals surface area contributed by atoms with Crippen molar-refractivity contribution in [3.8, 4) is 33.4 Å². The lowest BCUT2D eigenvalue weighted by molar-refractivity contribution is 0.732. The van der Waals surface area contributed by atoms with Crippen molar-refractivity contribution in [2.75, 3.05) is 4.90 Å². The summed E-state index contributed by atoms with van der Waals surface area (Å²) >= 11 is 0. The van der Waals surface area contributed by atoms with Gasteiger partial charge in [0, 0.05) is 17.6 Å². The molecule has 0 spiro atoms. The summed E-state index contributed by atoms with van der Waals surface area (Å²) in [6.45, 7) is 4.35. The first kappa shape index (κ1) is 36.6. The van der Waals surface area contributed by atoms with Crippen LogP contribution in [-0.2, 0) is 0 Å². The number of benzene rings is 12. The van der Waals surface area contributed by atoms with E-state index in [0.717, 1.165) is 17.0 Å². The minimum atomic E-state index is -0.182. The number of hydrogen-bond donors (Lipinski definition) is 0. The fourth-order valence-corrected chi connectivity index (χ4v) is 13.2. The average Bonchev–Trinajstić information content (AvgIpc) is 4.01. The number of hydrogen-bond acceptors (Lipinski definition) is 2. The molecule has 2 nitrogen and oxygen atoms in total. The summed E-state index contributed by atoms with van der Waals surface area (Å²) < 4.78 is 0. The number of nitrogens with zero attached hydrogens (tertiary/aromatic N) is 2. The largest absolute Gasteiger partial charge is 0.322 e. The Morgan fingerprint density at radius 1 is 0.353 bits per heavy atom. The van der Waals surface area contributed by atoms with Crippen molar-refractivity contribution < 1.29 is 0 Å². The standard InChI is InChI=1S/C66H40N2/c1-36-14-6-7-18-40(36)57-42-19-8-9-20-43(42)61-44-21-10-11-22-45(44)64-63-53-32-31-50-48-27-29-51-54-34-39(68-33-13-12-15-37(2)67-66(68)38-16-4-3-5-17-38)23-24-41(54)46-25-26-47(59(48)58(46)51)49-28-30-52(62(53)60(49)50)55(63)35-56(57)65(61)64/h3-35,66H,1-2H3/b15-12?,33-13+,67-37?. The lowest BCUT2D eigenvalue weighted by atomic mass is 9.87. The summed E-state index contributed by atoms with van der Waals surface area (Å²) in [5, 5.41) is 26.9. The zero-order valence-corrected chi connectivity index (χ0v) is 37.5. The zero-order valence-electron chi connectivity index (χ0n) is 37.5. The van der Waals surface area contributed by atoms with Gasteiger partial charge in [-0.15, -0.1) is 0 Å². The van der Waals surface area contributed by atoms with Crippen LogP contribution in [0.5, 0.6) is 0 Å². The van der Waals surface area contributed by atoms with Crippen LogP contribution in [0.4, 0.5) is 5.69 Å². The Morgan fingerprint density at radius 3 is 1.62 bits per heavy atom. The van der Waals surface area contributed by atoms with Crippen LogP contribution in [-0.4, -0.2) is 5.71 Å². The molecule has 16 rings (SSSR count). The number of fused-ring (bicyclic) bond motifs is 14. The molecular formula is C66H40N2. The van der Waals surface area contributed by atoms with Crippen molar-refractivity contribution >= 4 is 119 Å². The van der Waals surface area contributed by atoms with Gasteiger partial charge in [0.05, 0.1) is 0 Å². The molecule has 14 aromatic carbocycles. The predicted octanol–water partition coefficient (Wildman–Crippen LogP) is 18.2. The fourth-order valence-electron chi connectivity index (χ4n) is 13.2. The minimum absolute atomic E-state index is 0.182. The lowest BCUT2D eigenvalue weighted by Crippen LogP contribution is -2.23. The van der Waals surface area contributed by atoms with E-state index < -0.39 is 0 Å². The molecule has 1 aliphatic heterocycles. The molecule has 2 heteroatoms. The van der Waals surface area contributed by atoms with Gasteiger partial charge < -0.3 is 4.90 Å². The number of aliphatic imine (C=N–C) groups is 1. The Labute approximate surface area is 392 Å². The smallest absolute Gasteiger partial charge is 0.151 e. The van der Waals surface area contributed by atoms with Gasteiger partial charge in [-0.2, -0.15) is 0 Å². The molecule has 0 N–H and O–H groups in total. The molecule has 1 unspecified atom stereocenters. The topological polar surface area (TPSA) is 15.6 Å². The molecule has 0 amide bonds. The molecule has 0 fully saturated rings. The van der Waals surface area contributed by atoms with Crippen LogP contribution in [0, 0.1) is 6.92 Å². The summed E-state index contributed by atoms with van der Waals surface area (Å²) in [4.78, 5) is 7.54. The summed E-state index contributed by atoms with van der Waals surface area (Å²) in [5.41, 5.74) is 12.4. The Balaban J connectivity index is 0.969. The van der Waals surface area contributed by atoms with E-state index in [1.165, 1.54) is 147 Å². The highest BCUT2D eigenvalue weighted by Crippen LogP contribution is 2.57. The molecule has 0 saturated heterocycles. The molecule has 2 aliphatic rings. The normalized spacial score (nSPS) is 15.5. The van der Waals surface area contributed by atoms with Crippen LogP contribution >= 0.6 is 0 Å². The van der Waals surface area contributed by atoms with E-state index >= 15 is 0 Å². The second-order valence-electron chi connectivity index (χ2n) is 19.3. The van der Waals surface area contributed by atoms with Crippen molar-refractivity contribution in [1.82, 2.24) is 0 Å². The Morgan fingerprint density at radius 2 is 0.868 bits per heavy atom. The van der Waals surface area contributed by atoms with Gasteiger partial charge in [-0.05, 0) is 196 Å². The van der Waals surface area contributed by atoms with Gasteiger partial charge in [0.2, 0.25) is 0 Å². The molecule has 314 valence electrons. The molecule has 0 aromatic heterocycles. The fraction of sp³-hybridized carbons (Fsp3) is 0.0455. The predicted molar refractivity (Wildman–Crippen MR) is 293 cm³/mol. The van der Waals surface area contributed by atoms with Crippen LogP contribution in [0.2, 0.25) is 0 Å². The van der Waals surface area contributed by atoms with Crippen molar-refractivity contribution in [3.05, 3.63) is 211 Å². The third-order valence-electron chi connectivity index (χ3n) is 15.9. The molecule has 0 bridgehead atoms. The first-order valence-corrected chi connectivity index (χ1v) is 23.9. The third kappa shape index (κ3) is 4.55. The highest BCUT2D eigenvalue weighted by Gasteiger charge is 2.30. The van der Waals surface area contributed by atoms with E-state index in [4.69, 9.17) is 4.99 Å². The van der Waals surface area contributed by atoms with E-state index in [0.29, 0.717) is 0 Å².